The third-order valence-corrected chi connectivity index (χ3v) is 6.86. The van der Waals surface area contributed by atoms with Gasteiger partial charge in [-0.05, 0) is 43.4 Å². The molecule has 0 fully saturated rings. The molecule has 7 nitrogen and oxygen atoms in total. The monoisotopic (exact) mass is 444 g/mol. The zero-order chi connectivity index (χ0) is 20.5. The molecule has 4 aromatic rings. The number of hydrogen-bond donors (Lipinski definition) is 1. The number of benzene rings is 1. The highest BCUT2D eigenvalue weighted by Gasteiger charge is 2.20. The SMILES string of the molecule is O=c1[nH]c(CSc2nnc(COc3ccccc3F)o2)nc2sc3c(c12)CCCC3. The highest BCUT2D eigenvalue weighted by atomic mass is 32.2. The summed E-state index contributed by atoms with van der Waals surface area (Å²) in [5, 5.41) is 8.94. The zero-order valence-electron chi connectivity index (χ0n) is 15.8. The molecule has 5 rings (SSSR count). The van der Waals surface area contributed by atoms with Crippen LogP contribution in [0.3, 0.4) is 0 Å². The van der Waals surface area contributed by atoms with E-state index in [1.165, 1.54) is 40.8 Å². The van der Waals surface area contributed by atoms with Crippen LogP contribution in [0.1, 0.15) is 35.0 Å². The Morgan fingerprint density at radius 2 is 2.10 bits per heavy atom. The molecule has 0 unspecified atom stereocenters. The van der Waals surface area contributed by atoms with E-state index in [1.54, 1.807) is 23.5 Å². The van der Waals surface area contributed by atoms with Gasteiger partial charge in [-0.1, -0.05) is 23.9 Å². The van der Waals surface area contributed by atoms with Crippen molar-refractivity contribution in [3.05, 3.63) is 62.6 Å². The predicted molar refractivity (Wildman–Crippen MR) is 111 cm³/mol. The van der Waals surface area contributed by atoms with Crippen LogP contribution < -0.4 is 10.3 Å². The van der Waals surface area contributed by atoms with Crippen LogP contribution >= 0.6 is 23.1 Å². The summed E-state index contributed by atoms with van der Waals surface area (Å²) in [6, 6.07) is 6.12. The Labute approximate surface area is 178 Å². The number of aromatic amines is 1. The van der Waals surface area contributed by atoms with Gasteiger partial charge in [0.1, 0.15) is 10.7 Å². The number of thiophene rings is 1. The van der Waals surface area contributed by atoms with Crippen LogP contribution in [-0.4, -0.2) is 20.2 Å². The van der Waals surface area contributed by atoms with E-state index in [1.807, 2.05) is 0 Å². The van der Waals surface area contributed by atoms with Crippen molar-refractivity contribution in [1.29, 1.82) is 0 Å². The van der Waals surface area contributed by atoms with Gasteiger partial charge < -0.3 is 14.1 Å². The fourth-order valence-electron chi connectivity index (χ4n) is 3.46. The molecule has 1 aliphatic rings. The number of thioether (sulfide) groups is 1. The smallest absolute Gasteiger partial charge is 0.277 e. The molecule has 0 aliphatic heterocycles. The number of halogens is 1. The summed E-state index contributed by atoms with van der Waals surface area (Å²) < 4.78 is 24.5. The van der Waals surface area contributed by atoms with Crippen LogP contribution in [0.15, 0.2) is 38.7 Å². The minimum Gasteiger partial charge on any atom is -0.481 e. The Hall–Kier alpha value is -2.72. The second-order valence-corrected chi connectivity index (χ2v) is 8.88. The normalized spacial score (nSPS) is 13.5. The van der Waals surface area contributed by atoms with Gasteiger partial charge in [0.05, 0.1) is 11.1 Å². The lowest BCUT2D eigenvalue weighted by Crippen LogP contribution is -2.12. The molecule has 10 heteroatoms. The summed E-state index contributed by atoms with van der Waals surface area (Å²) in [5.41, 5.74) is 1.09. The van der Waals surface area contributed by atoms with Crippen molar-refractivity contribution in [2.24, 2.45) is 0 Å². The summed E-state index contributed by atoms with van der Waals surface area (Å²) in [5.74, 6) is 0.872. The topological polar surface area (TPSA) is 93.9 Å². The van der Waals surface area contributed by atoms with E-state index in [-0.39, 0.29) is 23.8 Å². The lowest BCUT2D eigenvalue weighted by atomic mass is 9.97. The number of ether oxygens (including phenoxy) is 1. The highest BCUT2D eigenvalue weighted by Crippen LogP contribution is 2.33. The molecule has 0 spiro atoms. The number of para-hydroxylation sites is 1. The maximum atomic E-state index is 13.6. The number of hydrogen-bond acceptors (Lipinski definition) is 8. The fraction of sp³-hybridized carbons (Fsp3) is 0.300. The maximum Gasteiger partial charge on any atom is 0.277 e. The first-order chi connectivity index (χ1) is 14.7. The van der Waals surface area contributed by atoms with Crippen LogP contribution in [0.2, 0.25) is 0 Å². The summed E-state index contributed by atoms with van der Waals surface area (Å²) >= 11 is 2.89. The summed E-state index contributed by atoms with van der Waals surface area (Å²) in [6.07, 6.45) is 4.27. The molecule has 1 aromatic carbocycles. The van der Waals surface area contributed by atoms with Gasteiger partial charge in [-0.25, -0.2) is 9.37 Å². The largest absolute Gasteiger partial charge is 0.481 e. The molecular weight excluding hydrogens is 427 g/mol. The van der Waals surface area contributed by atoms with Crippen molar-refractivity contribution in [2.45, 2.75) is 43.3 Å². The Balaban J connectivity index is 1.26. The van der Waals surface area contributed by atoms with Gasteiger partial charge in [0, 0.05) is 4.88 Å². The molecule has 1 N–H and O–H groups in total. The first kappa shape index (κ1) is 19.3. The van der Waals surface area contributed by atoms with Gasteiger partial charge in [-0.15, -0.1) is 21.5 Å². The van der Waals surface area contributed by atoms with Crippen LogP contribution in [0, 0.1) is 5.82 Å². The van der Waals surface area contributed by atoms with E-state index in [0.29, 0.717) is 16.8 Å². The number of fused-ring (bicyclic) bond motifs is 3. The summed E-state index contributed by atoms with van der Waals surface area (Å²) in [4.78, 5) is 22.2. The van der Waals surface area contributed by atoms with E-state index in [9.17, 15) is 9.18 Å². The van der Waals surface area contributed by atoms with Crippen molar-refractivity contribution < 1.29 is 13.5 Å². The number of H-pyrrole nitrogens is 1. The third kappa shape index (κ3) is 3.84. The first-order valence-corrected chi connectivity index (χ1v) is 11.3. The molecule has 154 valence electrons. The molecule has 0 atom stereocenters. The van der Waals surface area contributed by atoms with Gasteiger partial charge in [0.15, 0.2) is 18.2 Å². The van der Waals surface area contributed by atoms with E-state index >= 15 is 0 Å². The molecule has 0 saturated heterocycles. The lowest BCUT2D eigenvalue weighted by Gasteiger charge is -2.09. The standard InChI is InChI=1S/C20H17FN4O3S2/c21-12-6-2-3-7-13(12)27-9-16-24-25-20(28-16)29-10-15-22-18(26)17-11-5-1-4-8-14(11)30-19(17)23-15/h2-3,6-7H,1,4-5,8-10H2,(H,22,23,26). The van der Waals surface area contributed by atoms with E-state index in [0.717, 1.165) is 29.5 Å². The first-order valence-electron chi connectivity index (χ1n) is 9.53. The highest BCUT2D eigenvalue weighted by molar-refractivity contribution is 7.98. The van der Waals surface area contributed by atoms with Crippen molar-refractivity contribution in [2.75, 3.05) is 0 Å². The van der Waals surface area contributed by atoms with E-state index in [4.69, 9.17) is 9.15 Å². The number of aryl methyl sites for hydroxylation is 2. The average molecular weight is 445 g/mol. The van der Waals surface area contributed by atoms with Crippen LogP contribution in [-0.2, 0) is 25.2 Å². The van der Waals surface area contributed by atoms with E-state index < -0.39 is 5.82 Å². The van der Waals surface area contributed by atoms with Crippen molar-refractivity contribution in [3.8, 4) is 5.75 Å². The number of nitrogens with zero attached hydrogens (tertiary/aromatic N) is 3. The molecule has 3 heterocycles. The van der Waals surface area contributed by atoms with Gasteiger partial charge in [-0.2, -0.15) is 0 Å². The minimum atomic E-state index is -0.452. The molecular formula is C20H17FN4O3S2. The lowest BCUT2D eigenvalue weighted by molar-refractivity contribution is 0.242. The van der Waals surface area contributed by atoms with Gasteiger partial charge >= 0.3 is 0 Å². The van der Waals surface area contributed by atoms with Crippen molar-refractivity contribution >= 4 is 33.3 Å². The number of aromatic nitrogens is 4. The fourth-order valence-corrected chi connectivity index (χ4v) is 5.39. The number of rotatable bonds is 6. The Kier molecular flexibility index (Phi) is 5.26. The second kappa shape index (κ2) is 8.19. The van der Waals surface area contributed by atoms with E-state index in [2.05, 4.69) is 20.2 Å². The zero-order valence-corrected chi connectivity index (χ0v) is 17.4. The Bertz CT molecular complexity index is 1270. The second-order valence-electron chi connectivity index (χ2n) is 6.87. The quantitative estimate of drug-likeness (QED) is 0.444. The average Bonchev–Trinajstić information content (AvgIpc) is 3.36. The van der Waals surface area contributed by atoms with Gasteiger partial charge in [0.2, 0.25) is 0 Å². The van der Waals surface area contributed by atoms with Gasteiger partial charge in [0.25, 0.3) is 16.7 Å². The minimum absolute atomic E-state index is 0.0315. The predicted octanol–water partition coefficient (Wildman–Crippen LogP) is 4.26. The third-order valence-electron chi connectivity index (χ3n) is 4.84. The molecule has 30 heavy (non-hydrogen) atoms. The molecule has 0 radical (unpaired) electrons. The molecule has 0 amide bonds. The molecule has 3 aromatic heterocycles. The Morgan fingerprint density at radius 1 is 1.23 bits per heavy atom. The molecule has 0 saturated carbocycles. The van der Waals surface area contributed by atoms with Crippen molar-refractivity contribution in [1.82, 2.24) is 20.2 Å². The van der Waals surface area contributed by atoms with Gasteiger partial charge in [-0.3, -0.25) is 4.79 Å². The van der Waals surface area contributed by atoms with Crippen LogP contribution in [0.4, 0.5) is 4.39 Å². The van der Waals surface area contributed by atoms with Crippen LogP contribution in [0.5, 0.6) is 5.75 Å². The molecule has 1 aliphatic carbocycles. The van der Waals surface area contributed by atoms with Crippen LogP contribution in [0.25, 0.3) is 10.2 Å². The van der Waals surface area contributed by atoms with Crippen molar-refractivity contribution in [3.63, 3.8) is 0 Å². The summed E-state index contributed by atoms with van der Waals surface area (Å²) in [7, 11) is 0. The molecule has 0 bridgehead atoms. The number of nitrogens with one attached hydrogen (secondary N) is 1. The summed E-state index contributed by atoms with van der Waals surface area (Å²) in [6.45, 7) is -0.0315. The maximum absolute atomic E-state index is 13.6. The Morgan fingerprint density at radius 3 is 3.00 bits per heavy atom.